The molecule has 3 aromatic rings. The summed E-state index contributed by atoms with van der Waals surface area (Å²) >= 11 is 7.45. The smallest absolute Gasteiger partial charge is 0.269 e. The maximum absolute atomic E-state index is 13.2. The van der Waals surface area contributed by atoms with Crippen molar-refractivity contribution in [3.8, 4) is 21.9 Å². The van der Waals surface area contributed by atoms with E-state index < -0.39 is 15.4 Å². The number of fused-ring (bicyclic) bond motifs is 1. The highest BCUT2D eigenvalue weighted by Crippen LogP contribution is 2.41. The number of hydrogen-bond donors (Lipinski definition) is 1. The number of ether oxygens (including phenoxy) is 2. The zero-order valence-electron chi connectivity index (χ0n) is 19.0. The number of anilines is 1. The third-order valence-corrected chi connectivity index (χ3v) is 9.54. The molecule has 1 N–H and O–H groups in total. The van der Waals surface area contributed by atoms with Crippen molar-refractivity contribution in [2.24, 2.45) is 0 Å². The number of carbonyl (C=O) groups excluding carboxylic acids is 1. The van der Waals surface area contributed by atoms with Crippen molar-refractivity contribution < 1.29 is 27.8 Å². The summed E-state index contributed by atoms with van der Waals surface area (Å²) in [6, 6.07) is 14.8. The number of thiophene rings is 1. The Labute approximate surface area is 212 Å². The van der Waals surface area contributed by atoms with Gasteiger partial charge in [0.2, 0.25) is 0 Å². The minimum absolute atomic E-state index is 0.0361. The quantitative estimate of drug-likeness (QED) is 0.499. The summed E-state index contributed by atoms with van der Waals surface area (Å²) < 4.78 is 34.6. The Kier molecular flexibility index (Phi) is 6.29. The van der Waals surface area contributed by atoms with Gasteiger partial charge in [0.25, 0.3) is 5.91 Å². The van der Waals surface area contributed by atoms with Crippen LogP contribution in [-0.4, -0.2) is 50.3 Å². The molecule has 2 aromatic carbocycles. The Balaban J connectivity index is 1.30. The molecule has 0 atom stereocenters. The Morgan fingerprint density at radius 2 is 1.80 bits per heavy atom. The Hall–Kier alpha value is -2.59. The first-order valence-electron chi connectivity index (χ1n) is 11.1. The van der Waals surface area contributed by atoms with Crippen LogP contribution in [0.1, 0.15) is 28.1 Å². The summed E-state index contributed by atoms with van der Waals surface area (Å²) in [6.07, 6.45) is 0.275. The Morgan fingerprint density at radius 1 is 1.09 bits per heavy atom. The van der Waals surface area contributed by atoms with Gasteiger partial charge in [-0.2, -0.15) is 0 Å². The first kappa shape index (κ1) is 24.1. The fourth-order valence-corrected chi connectivity index (χ4v) is 7.11. The number of carbonyl (C=O) groups is 1. The molecule has 0 saturated carbocycles. The molecule has 1 fully saturated rings. The zero-order chi connectivity index (χ0) is 24.8. The van der Waals surface area contributed by atoms with Gasteiger partial charge in [0.05, 0.1) is 30.0 Å². The first-order valence-corrected chi connectivity index (χ1v) is 14.1. The van der Waals surface area contributed by atoms with Crippen molar-refractivity contribution in [1.82, 2.24) is 0 Å². The van der Waals surface area contributed by atoms with E-state index in [4.69, 9.17) is 21.1 Å². The summed E-state index contributed by atoms with van der Waals surface area (Å²) in [5, 5.41) is 11.4. The maximum atomic E-state index is 13.2. The highest BCUT2D eigenvalue weighted by Gasteiger charge is 2.36. The molecule has 0 aliphatic carbocycles. The van der Waals surface area contributed by atoms with Gasteiger partial charge in [-0.15, -0.1) is 11.3 Å². The summed E-state index contributed by atoms with van der Waals surface area (Å²) in [5.41, 5.74) is 1.47. The number of halogens is 1. The topological polar surface area (TPSA) is 93.1 Å². The van der Waals surface area contributed by atoms with Crippen LogP contribution in [0.5, 0.6) is 11.5 Å². The van der Waals surface area contributed by atoms with E-state index in [0.29, 0.717) is 33.6 Å². The van der Waals surface area contributed by atoms with Crippen LogP contribution in [0, 0.1) is 0 Å². The third-order valence-electron chi connectivity index (χ3n) is 6.42. The lowest BCUT2D eigenvalue weighted by atomic mass is 9.98. The van der Waals surface area contributed by atoms with E-state index >= 15 is 0 Å². The third kappa shape index (κ3) is 4.91. The minimum Gasteiger partial charge on any atom is -0.493 e. The SMILES string of the molecule is COc1cc(N2Cc3cc(-c4ccc(Cl)cc4)sc3C2=O)ccc1OCC1(O)CCS(=O)(=O)CC1. The van der Waals surface area contributed by atoms with Crippen molar-refractivity contribution >= 4 is 44.4 Å². The van der Waals surface area contributed by atoms with Gasteiger partial charge in [0, 0.05) is 21.7 Å². The van der Waals surface area contributed by atoms with E-state index in [0.717, 1.165) is 16.0 Å². The molecule has 0 bridgehead atoms. The average molecular weight is 534 g/mol. The fraction of sp³-hybridized carbons (Fsp3) is 0.320. The second-order valence-corrected chi connectivity index (χ2v) is 12.7. The van der Waals surface area contributed by atoms with Gasteiger partial charge >= 0.3 is 0 Å². The molecule has 35 heavy (non-hydrogen) atoms. The Morgan fingerprint density at radius 3 is 2.46 bits per heavy atom. The van der Waals surface area contributed by atoms with E-state index in [1.807, 2.05) is 30.3 Å². The second-order valence-electron chi connectivity index (χ2n) is 8.86. The minimum atomic E-state index is -3.09. The van der Waals surface area contributed by atoms with Crippen LogP contribution in [0.4, 0.5) is 5.69 Å². The van der Waals surface area contributed by atoms with Crippen molar-refractivity contribution in [3.05, 3.63) is 64.0 Å². The molecule has 1 amide bonds. The van der Waals surface area contributed by atoms with Gasteiger partial charge in [0.15, 0.2) is 21.3 Å². The summed E-state index contributed by atoms with van der Waals surface area (Å²) in [6.45, 7) is 0.418. The van der Waals surface area contributed by atoms with E-state index in [1.165, 1.54) is 18.4 Å². The summed E-state index contributed by atoms with van der Waals surface area (Å²) in [7, 11) is -1.58. The fourth-order valence-electron chi connectivity index (χ4n) is 4.27. The molecule has 184 valence electrons. The van der Waals surface area contributed by atoms with Crippen LogP contribution >= 0.6 is 22.9 Å². The number of amides is 1. The monoisotopic (exact) mass is 533 g/mol. The molecule has 10 heteroatoms. The highest BCUT2D eigenvalue weighted by atomic mass is 35.5. The van der Waals surface area contributed by atoms with Crippen LogP contribution in [0.3, 0.4) is 0 Å². The standard InChI is InChI=1S/C25H24ClNO6S2/c1-32-21-13-19(6-7-20(21)33-15-25(29)8-10-35(30,31)11-9-25)27-14-17-12-22(34-23(17)24(27)28)16-2-4-18(26)5-3-16/h2-7,12-13,29H,8-11,14-15H2,1H3. The number of methoxy groups -OCH3 is 1. The van der Waals surface area contributed by atoms with E-state index in [9.17, 15) is 18.3 Å². The van der Waals surface area contributed by atoms with Crippen molar-refractivity contribution in [2.45, 2.75) is 25.0 Å². The molecule has 5 rings (SSSR count). The number of aliphatic hydroxyl groups is 1. The van der Waals surface area contributed by atoms with Gasteiger partial charge in [-0.25, -0.2) is 8.42 Å². The van der Waals surface area contributed by atoms with Gasteiger partial charge in [-0.1, -0.05) is 23.7 Å². The van der Waals surface area contributed by atoms with Crippen molar-refractivity contribution in [2.75, 3.05) is 30.1 Å². The van der Waals surface area contributed by atoms with Crippen molar-refractivity contribution in [1.29, 1.82) is 0 Å². The average Bonchev–Trinajstić information content (AvgIpc) is 3.40. The van der Waals surface area contributed by atoms with Gasteiger partial charge in [0.1, 0.15) is 12.2 Å². The predicted octanol–water partition coefficient (Wildman–Crippen LogP) is 4.56. The summed E-state index contributed by atoms with van der Waals surface area (Å²) in [4.78, 5) is 16.6. The lowest BCUT2D eigenvalue weighted by molar-refractivity contribution is -0.0134. The molecule has 0 radical (unpaired) electrons. The van der Waals surface area contributed by atoms with Crippen LogP contribution in [0.2, 0.25) is 5.02 Å². The van der Waals surface area contributed by atoms with Crippen molar-refractivity contribution in [3.63, 3.8) is 0 Å². The molecule has 3 heterocycles. The lowest BCUT2D eigenvalue weighted by Gasteiger charge is -2.31. The van der Waals surface area contributed by atoms with Gasteiger partial charge in [-0.3, -0.25) is 4.79 Å². The maximum Gasteiger partial charge on any atom is 0.269 e. The molecule has 7 nitrogen and oxygen atoms in total. The number of sulfone groups is 1. The van der Waals surface area contributed by atoms with Gasteiger partial charge < -0.3 is 19.5 Å². The predicted molar refractivity (Wildman–Crippen MR) is 137 cm³/mol. The first-order chi connectivity index (χ1) is 16.7. The summed E-state index contributed by atoms with van der Waals surface area (Å²) in [5.74, 6) is 0.677. The number of rotatable bonds is 6. The molecule has 0 spiro atoms. The molecule has 0 unspecified atom stereocenters. The van der Waals surface area contributed by atoms with Gasteiger partial charge in [-0.05, 0) is 54.3 Å². The van der Waals surface area contributed by atoms with Crippen LogP contribution in [0.25, 0.3) is 10.4 Å². The number of hydrogen-bond acceptors (Lipinski definition) is 7. The highest BCUT2D eigenvalue weighted by molar-refractivity contribution is 7.91. The number of benzene rings is 2. The normalized spacial score (nSPS) is 18.4. The van der Waals surface area contributed by atoms with Crippen LogP contribution < -0.4 is 14.4 Å². The molecular weight excluding hydrogens is 510 g/mol. The van der Waals surface area contributed by atoms with E-state index in [-0.39, 0.29) is 36.9 Å². The van der Waals surface area contributed by atoms with Crippen LogP contribution in [0.15, 0.2) is 48.5 Å². The van der Waals surface area contributed by atoms with E-state index in [2.05, 4.69) is 0 Å². The molecular formula is C25H24ClNO6S2. The molecule has 2 aliphatic heterocycles. The number of nitrogens with zero attached hydrogens (tertiary/aromatic N) is 1. The van der Waals surface area contributed by atoms with Crippen LogP contribution in [-0.2, 0) is 16.4 Å². The Bertz CT molecular complexity index is 1370. The molecule has 1 saturated heterocycles. The largest absolute Gasteiger partial charge is 0.493 e. The zero-order valence-corrected chi connectivity index (χ0v) is 21.4. The lowest BCUT2D eigenvalue weighted by Crippen LogP contribution is -2.43. The molecule has 2 aliphatic rings. The second kappa shape index (κ2) is 9.13. The molecule has 1 aromatic heterocycles. The van der Waals surface area contributed by atoms with E-state index in [1.54, 1.807) is 23.1 Å².